The molecule has 1 aromatic carbocycles. The Morgan fingerprint density at radius 1 is 1.21 bits per heavy atom. The predicted octanol–water partition coefficient (Wildman–Crippen LogP) is 2.78. The van der Waals surface area contributed by atoms with Gasteiger partial charge in [0.1, 0.15) is 5.01 Å². The lowest BCUT2D eigenvalue weighted by molar-refractivity contribution is -0.138. The van der Waals surface area contributed by atoms with E-state index in [0.717, 1.165) is 34.5 Å². The van der Waals surface area contributed by atoms with E-state index in [-0.39, 0.29) is 29.4 Å². The third kappa shape index (κ3) is 2.95. The lowest BCUT2D eigenvalue weighted by atomic mass is 9.99. The summed E-state index contributed by atoms with van der Waals surface area (Å²) in [6, 6.07) is 8.01. The summed E-state index contributed by atoms with van der Waals surface area (Å²) >= 11 is 1.64. The van der Waals surface area contributed by atoms with E-state index in [0.29, 0.717) is 13.0 Å². The van der Waals surface area contributed by atoms with Gasteiger partial charge in [0.05, 0.1) is 33.7 Å². The second-order valence-corrected chi connectivity index (χ2v) is 9.95. The van der Waals surface area contributed by atoms with Crippen LogP contribution < -0.4 is 0 Å². The number of rotatable bonds is 2. The number of hydrogen-bond acceptors (Lipinski definition) is 5. The van der Waals surface area contributed by atoms with E-state index in [9.17, 15) is 13.2 Å². The summed E-state index contributed by atoms with van der Waals surface area (Å²) in [4.78, 5) is 19.6. The molecule has 0 unspecified atom stereocenters. The number of likely N-dealkylation sites (tertiary alicyclic amines) is 1. The maximum Gasteiger partial charge on any atom is 0.227 e. The van der Waals surface area contributed by atoms with Gasteiger partial charge in [-0.25, -0.2) is 13.4 Å². The Bertz CT molecular complexity index is 842. The van der Waals surface area contributed by atoms with Crippen LogP contribution in [0, 0.1) is 5.92 Å². The van der Waals surface area contributed by atoms with Gasteiger partial charge in [-0.2, -0.15) is 0 Å². The molecule has 3 heterocycles. The van der Waals surface area contributed by atoms with Crippen molar-refractivity contribution in [1.82, 2.24) is 9.88 Å². The molecule has 4 rings (SSSR count). The van der Waals surface area contributed by atoms with Crippen LogP contribution >= 0.6 is 11.3 Å². The predicted molar refractivity (Wildman–Crippen MR) is 94.7 cm³/mol. The quantitative estimate of drug-likeness (QED) is 0.822. The monoisotopic (exact) mass is 364 g/mol. The summed E-state index contributed by atoms with van der Waals surface area (Å²) in [6.45, 7) is 0.704. The van der Waals surface area contributed by atoms with Gasteiger partial charge >= 0.3 is 0 Å². The van der Waals surface area contributed by atoms with Crippen molar-refractivity contribution in [2.24, 2.45) is 5.92 Å². The molecule has 2 atom stereocenters. The van der Waals surface area contributed by atoms with Gasteiger partial charge in [0.25, 0.3) is 0 Å². The number of benzene rings is 1. The molecule has 0 saturated carbocycles. The molecule has 1 aromatic heterocycles. The van der Waals surface area contributed by atoms with Crippen LogP contribution in [0.4, 0.5) is 0 Å². The fourth-order valence-corrected chi connectivity index (χ4v) is 6.56. The normalized spacial score (nSPS) is 26.8. The van der Waals surface area contributed by atoms with Crippen LogP contribution in [0.5, 0.6) is 0 Å². The summed E-state index contributed by atoms with van der Waals surface area (Å²) in [7, 11) is -3.04. The van der Waals surface area contributed by atoms with E-state index in [2.05, 4.69) is 6.07 Å². The molecule has 2 aliphatic heterocycles. The number of piperidine rings is 1. The summed E-state index contributed by atoms with van der Waals surface area (Å²) in [5, 5.41) is 0.977. The van der Waals surface area contributed by atoms with Crippen LogP contribution in [0.15, 0.2) is 24.3 Å². The molecule has 0 radical (unpaired) electrons. The van der Waals surface area contributed by atoms with Crippen LogP contribution in [-0.2, 0) is 14.6 Å². The van der Waals surface area contributed by atoms with Crippen molar-refractivity contribution in [3.8, 4) is 0 Å². The van der Waals surface area contributed by atoms with E-state index in [4.69, 9.17) is 4.98 Å². The van der Waals surface area contributed by atoms with Gasteiger partial charge in [-0.15, -0.1) is 11.3 Å². The molecule has 128 valence electrons. The Hall–Kier alpha value is -1.47. The zero-order chi connectivity index (χ0) is 16.7. The van der Waals surface area contributed by atoms with Gasteiger partial charge < -0.3 is 4.90 Å². The van der Waals surface area contributed by atoms with Crippen LogP contribution in [-0.4, -0.2) is 42.3 Å². The van der Waals surface area contributed by atoms with E-state index >= 15 is 0 Å². The first-order valence-corrected chi connectivity index (χ1v) is 11.0. The van der Waals surface area contributed by atoms with E-state index in [1.807, 2.05) is 23.1 Å². The molecule has 7 heteroatoms. The van der Waals surface area contributed by atoms with Crippen molar-refractivity contribution in [2.45, 2.75) is 31.7 Å². The van der Waals surface area contributed by atoms with Crippen molar-refractivity contribution < 1.29 is 13.2 Å². The molecule has 0 bridgehead atoms. The highest BCUT2D eigenvalue weighted by molar-refractivity contribution is 7.91. The molecular formula is C17H20N2O3S2. The smallest absolute Gasteiger partial charge is 0.227 e. The Labute approximate surface area is 145 Å². The average Bonchev–Trinajstić information content (AvgIpc) is 3.17. The number of aromatic nitrogens is 1. The molecule has 0 spiro atoms. The van der Waals surface area contributed by atoms with E-state index in [1.165, 1.54) is 0 Å². The fourth-order valence-electron chi connectivity index (χ4n) is 3.71. The van der Waals surface area contributed by atoms with Gasteiger partial charge in [-0.3, -0.25) is 4.79 Å². The molecule has 5 nitrogen and oxygen atoms in total. The van der Waals surface area contributed by atoms with Crippen LogP contribution in [0.3, 0.4) is 0 Å². The summed E-state index contributed by atoms with van der Waals surface area (Å²) in [6.07, 6.45) is 3.43. The minimum Gasteiger partial charge on any atom is -0.333 e. The second kappa shape index (κ2) is 6.11. The van der Waals surface area contributed by atoms with Gasteiger partial charge in [-0.05, 0) is 37.8 Å². The topological polar surface area (TPSA) is 67.3 Å². The Balaban J connectivity index is 1.62. The van der Waals surface area contributed by atoms with Crippen molar-refractivity contribution >= 4 is 37.3 Å². The average molecular weight is 364 g/mol. The first kappa shape index (κ1) is 16.0. The Morgan fingerprint density at radius 2 is 2.04 bits per heavy atom. The third-order valence-corrected chi connectivity index (χ3v) is 7.87. The lowest BCUT2D eigenvalue weighted by Gasteiger charge is -2.36. The van der Waals surface area contributed by atoms with Crippen molar-refractivity contribution in [3.63, 3.8) is 0 Å². The highest BCUT2D eigenvalue weighted by Crippen LogP contribution is 2.37. The number of thiazole rings is 1. The molecule has 2 fully saturated rings. The largest absolute Gasteiger partial charge is 0.333 e. The number of sulfone groups is 1. The number of hydrogen-bond donors (Lipinski definition) is 0. The molecule has 2 aromatic rings. The molecular weight excluding hydrogens is 344 g/mol. The standard InChI is InChI=1S/C17H20N2O3S2/c20-17(12-8-10-24(21,22)11-12)19-9-4-3-6-14(19)16-18-13-5-1-2-7-15(13)23-16/h1-2,5,7,12,14H,3-4,6,8-11H2/t12-,14+/m1/s1. The molecule has 0 N–H and O–H groups in total. The molecule has 0 aliphatic carbocycles. The SMILES string of the molecule is O=C([C@@H]1CCS(=O)(=O)C1)N1CCCC[C@H]1c1nc2ccccc2s1. The van der Waals surface area contributed by atoms with Crippen molar-refractivity contribution in [2.75, 3.05) is 18.1 Å². The molecule has 1 amide bonds. The minimum absolute atomic E-state index is 0.0000288. The second-order valence-electron chi connectivity index (χ2n) is 6.66. The maximum absolute atomic E-state index is 12.9. The van der Waals surface area contributed by atoms with Crippen LogP contribution in [0.1, 0.15) is 36.7 Å². The van der Waals surface area contributed by atoms with Gasteiger partial charge in [0.2, 0.25) is 5.91 Å². The number of amides is 1. The number of carbonyl (C=O) groups excluding carboxylic acids is 1. The van der Waals surface area contributed by atoms with Crippen molar-refractivity contribution in [1.29, 1.82) is 0 Å². The molecule has 2 saturated heterocycles. The zero-order valence-electron chi connectivity index (χ0n) is 13.3. The number of para-hydroxylation sites is 1. The number of fused-ring (bicyclic) bond motifs is 1. The fraction of sp³-hybridized carbons (Fsp3) is 0.529. The molecule has 24 heavy (non-hydrogen) atoms. The highest BCUT2D eigenvalue weighted by Gasteiger charge is 2.39. The first-order valence-electron chi connectivity index (χ1n) is 8.40. The van der Waals surface area contributed by atoms with E-state index in [1.54, 1.807) is 11.3 Å². The van der Waals surface area contributed by atoms with Crippen LogP contribution in [0.25, 0.3) is 10.2 Å². The minimum atomic E-state index is -3.04. The number of nitrogens with zero attached hydrogens (tertiary/aromatic N) is 2. The van der Waals surface area contributed by atoms with Crippen LogP contribution in [0.2, 0.25) is 0 Å². The van der Waals surface area contributed by atoms with Gasteiger partial charge in [0.15, 0.2) is 9.84 Å². The van der Waals surface area contributed by atoms with Gasteiger partial charge in [-0.1, -0.05) is 12.1 Å². The number of carbonyl (C=O) groups is 1. The summed E-state index contributed by atoms with van der Waals surface area (Å²) in [5.74, 6) is -0.220. The molecule has 2 aliphatic rings. The van der Waals surface area contributed by atoms with Crippen molar-refractivity contribution in [3.05, 3.63) is 29.3 Å². The zero-order valence-corrected chi connectivity index (χ0v) is 15.0. The van der Waals surface area contributed by atoms with E-state index < -0.39 is 9.84 Å². The maximum atomic E-state index is 12.9. The summed E-state index contributed by atoms with van der Waals surface area (Å²) < 4.78 is 24.6. The summed E-state index contributed by atoms with van der Waals surface area (Å²) in [5.41, 5.74) is 0.971. The lowest BCUT2D eigenvalue weighted by Crippen LogP contribution is -2.42. The first-order chi connectivity index (χ1) is 11.5. The third-order valence-electron chi connectivity index (χ3n) is 4.96. The Kier molecular flexibility index (Phi) is 4.08. The highest BCUT2D eigenvalue weighted by atomic mass is 32.2. The van der Waals surface area contributed by atoms with Gasteiger partial charge in [0, 0.05) is 6.54 Å². The Morgan fingerprint density at radius 3 is 2.79 bits per heavy atom.